The minimum atomic E-state index is -0.0654. The Balaban J connectivity index is 1.67. The van der Waals surface area contributed by atoms with E-state index >= 15 is 0 Å². The third kappa shape index (κ3) is 3.79. The van der Waals surface area contributed by atoms with Crippen LogP contribution in [0, 0.1) is 13.8 Å². The van der Waals surface area contributed by atoms with E-state index in [0.29, 0.717) is 12.6 Å². The largest absolute Gasteiger partial charge is 0.350 e. The van der Waals surface area contributed by atoms with Crippen LogP contribution in [-0.4, -0.2) is 44.1 Å². The molecule has 0 radical (unpaired) electrons. The van der Waals surface area contributed by atoms with Crippen molar-refractivity contribution in [3.8, 4) is 0 Å². The van der Waals surface area contributed by atoms with E-state index in [4.69, 9.17) is 0 Å². The number of hydrogen-bond donors (Lipinski definition) is 1. The molecule has 2 aromatic heterocycles. The summed E-state index contributed by atoms with van der Waals surface area (Å²) in [5.74, 6) is 0.705. The Morgan fingerprint density at radius 2 is 2.21 bits per heavy atom. The molecule has 3 rings (SSSR count). The summed E-state index contributed by atoms with van der Waals surface area (Å²) < 4.78 is 1.64. The predicted octanol–water partition coefficient (Wildman–Crippen LogP) is 1.37. The predicted molar refractivity (Wildman–Crippen MR) is 90.2 cm³/mol. The maximum atomic E-state index is 12.1. The van der Waals surface area contributed by atoms with Gasteiger partial charge in [-0.05, 0) is 45.8 Å². The van der Waals surface area contributed by atoms with E-state index in [0.717, 1.165) is 35.6 Å². The smallest absolute Gasteiger partial charge is 0.241 e. The molecule has 3 heterocycles. The quantitative estimate of drug-likeness (QED) is 0.897. The van der Waals surface area contributed by atoms with Gasteiger partial charge in [0.25, 0.3) is 0 Å². The molecule has 0 aromatic carbocycles. The lowest BCUT2D eigenvalue weighted by atomic mass is 10.1. The molecule has 1 N–H and O–H groups in total. The van der Waals surface area contributed by atoms with E-state index in [1.807, 2.05) is 26.2 Å². The Kier molecular flexibility index (Phi) is 4.89. The van der Waals surface area contributed by atoms with Crippen LogP contribution in [0.2, 0.25) is 0 Å². The van der Waals surface area contributed by atoms with Crippen LogP contribution in [0.25, 0.3) is 0 Å². The van der Waals surface area contributed by atoms with Crippen LogP contribution in [0.3, 0.4) is 0 Å². The molecule has 0 aliphatic carbocycles. The van der Waals surface area contributed by atoms with Gasteiger partial charge in [0.1, 0.15) is 12.4 Å². The Labute approximate surface area is 142 Å². The average Bonchev–Trinajstić information content (AvgIpc) is 3.14. The Morgan fingerprint density at radius 3 is 2.88 bits per heavy atom. The molecule has 1 aliphatic rings. The molecule has 1 atom stereocenters. The van der Waals surface area contributed by atoms with Crippen molar-refractivity contribution in [3.63, 3.8) is 0 Å². The maximum Gasteiger partial charge on any atom is 0.241 e. The zero-order chi connectivity index (χ0) is 17.1. The lowest BCUT2D eigenvalue weighted by Gasteiger charge is -2.21. The highest BCUT2D eigenvalue weighted by atomic mass is 16.2. The first-order valence-electron chi connectivity index (χ1n) is 8.31. The fraction of sp³-hybridized carbons (Fsp3) is 0.529. The van der Waals surface area contributed by atoms with Gasteiger partial charge in [0.05, 0.1) is 17.9 Å². The van der Waals surface area contributed by atoms with Crippen molar-refractivity contribution in [2.24, 2.45) is 0 Å². The second-order valence-electron chi connectivity index (χ2n) is 6.46. The van der Waals surface area contributed by atoms with Crippen molar-refractivity contribution in [2.75, 3.05) is 13.6 Å². The van der Waals surface area contributed by atoms with Crippen molar-refractivity contribution < 1.29 is 4.79 Å². The molecule has 7 heteroatoms. The van der Waals surface area contributed by atoms with E-state index in [-0.39, 0.29) is 12.5 Å². The van der Waals surface area contributed by atoms with E-state index in [2.05, 4.69) is 32.3 Å². The van der Waals surface area contributed by atoms with Gasteiger partial charge in [0, 0.05) is 24.5 Å². The first-order valence-corrected chi connectivity index (χ1v) is 8.31. The summed E-state index contributed by atoms with van der Waals surface area (Å²) >= 11 is 0. The number of amides is 1. The topological polar surface area (TPSA) is 75.9 Å². The van der Waals surface area contributed by atoms with Crippen LogP contribution in [0.1, 0.15) is 41.5 Å². The molecule has 0 bridgehead atoms. The third-order valence-electron chi connectivity index (χ3n) is 4.40. The fourth-order valence-electron chi connectivity index (χ4n) is 3.14. The van der Waals surface area contributed by atoms with E-state index in [9.17, 15) is 4.79 Å². The number of aromatic nitrogens is 4. The highest BCUT2D eigenvalue weighted by Crippen LogP contribution is 2.30. The number of rotatable bonds is 5. The van der Waals surface area contributed by atoms with Gasteiger partial charge < -0.3 is 5.32 Å². The average molecular weight is 328 g/mol. The normalized spacial score (nSPS) is 18.0. The van der Waals surface area contributed by atoms with E-state index in [1.165, 1.54) is 6.42 Å². The minimum Gasteiger partial charge on any atom is -0.350 e. The van der Waals surface area contributed by atoms with Crippen LogP contribution in [0.5, 0.6) is 0 Å². The number of nitrogens with one attached hydrogen (secondary N) is 1. The Bertz CT molecular complexity index is 726. The summed E-state index contributed by atoms with van der Waals surface area (Å²) in [4.78, 5) is 23.4. The van der Waals surface area contributed by atoms with Crippen LogP contribution in [0.4, 0.5) is 0 Å². The van der Waals surface area contributed by atoms with Gasteiger partial charge in [-0.2, -0.15) is 5.10 Å². The van der Waals surface area contributed by atoms with Crippen molar-refractivity contribution in [3.05, 3.63) is 41.2 Å². The molecule has 1 unspecified atom stereocenters. The SMILES string of the molecule is Cc1cnn(CC(=O)NCc2cnc(C)nc2C2CCCN2C)c1. The number of nitrogens with zero attached hydrogens (tertiary/aromatic N) is 5. The first kappa shape index (κ1) is 16.6. The lowest BCUT2D eigenvalue weighted by molar-refractivity contribution is -0.122. The van der Waals surface area contributed by atoms with Gasteiger partial charge in [-0.1, -0.05) is 0 Å². The van der Waals surface area contributed by atoms with Crippen molar-refractivity contribution in [1.82, 2.24) is 30.0 Å². The van der Waals surface area contributed by atoms with Gasteiger partial charge in [0.15, 0.2) is 0 Å². The van der Waals surface area contributed by atoms with Crippen LogP contribution in [-0.2, 0) is 17.9 Å². The lowest BCUT2D eigenvalue weighted by Crippen LogP contribution is -2.29. The third-order valence-corrected chi connectivity index (χ3v) is 4.40. The van der Waals surface area contributed by atoms with Crippen molar-refractivity contribution >= 4 is 5.91 Å². The fourth-order valence-corrected chi connectivity index (χ4v) is 3.14. The van der Waals surface area contributed by atoms with E-state index in [1.54, 1.807) is 10.9 Å². The van der Waals surface area contributed by atoms with Gasteiger partial charge in [-0.15, -0.1) is 0 Å². The van der Waals surface area contributed by atoms with Crippen molar-refractivity contribution in [2.45, 2.75) is 45.8 Å². The molecular formula is C17H24N6O. The van der Waals surface area contributed by atoms with Crippen molar-refractivity contribution in [1.29, 1.82) is 0 Å². The highest BCUT2D eigenvalue weighted by Gasteiger charge is 2.26. The monoisotopic (exact) mass is 328 g/mol. The summed E-state index contributed by atoms with van der Waals surface area (Å²) in [5.41, 5.74) is 3.07. The molecule has 2 aromatic rings. The summed E-state index contributed by atoms with van der Waals surface area (Å²) in [5, 5.41) is 7.09. The number of carbonyl (C=O) groups is 1. The molecule has 24 heavy (non-hydrogen) atoms. The summed E-state index contributed by atoms with van der Waals surface area (Å²) in [6.07, 6.45) is 7.71. The molecule has 1 aliphatic heterocycles. The van der Waals surface area contributed by atoms with Crippen LogP contribution >= 0.6 is 0 Å². The van der Waals surface area contributed by atoms with Gasteiger partial charge in [0.2, 0.25) is 5.91 Å². The number of likely N-dealkylation sites (tertiary alicyclic amines) is 1. The Morgan fingerprint density at radius 1 is 1.38 bits per heavy atom. The second kappa shape index (κ2) is 7.09. The molecule has 7 nitrogen and oxygen atoms in total. The zero-order valence-electron chi connectivity index (χ0n) is 14.5. The second-order valence-corrected chi connectivity index (χ2v) is 6.46. The van der Waals surface area contributed by atoms with Crippen LogP contribution in [0.15, 0.2) is 18.6 Å². The molecule has 0 saturated carbocycles. The molecule has 1 fully saturated rings. The number of carbonyl (C=O) groups excluding carboxylic acids is 1. The summed E-state index contributed by atoms with van der Waals surface area (Å²) in [6, 6.07) is 0.312. The number of aryl methyl sites for hydroxylation is 2. The summed E-state index contributed by atoms with van der Waals surface area (Å²) in [7, 11) is 2.12. The zero-order valence-corrected chi connectivity index (χ0v) is 14.5. The van der Waals surface area contributed by atoms with Crippen LogP contribution < -0.4 is 5.32 Å². The number of hydrogen-bond acceptors (Lipinski definition) is 5. The molecule has 1 amide bonds. The summed E-state index contributed by atoms with van der Waals surface area (Å²) in [6.45, 7) is 5.60. The Hall–Kier alpha value is -2.28. The molecule has 1 saturated heterocycles. The minimum absolute atomic E-state index is 0.0654. The molecule has 128 valence electrons. The van der Waals surface area contributed by atoms with Gasteiger partial charge in [-0.3, -0.25) is 14.4 Å². The maximum absolute atomic E-state index is 12.1. The molecular weight excluding hydrogens is 304 g/mol. The van der Waals surface area contributed by atoms with Gasteiger partial charge in [-0.25, -0.2) is 9.97 Å². The van der Waals surface area contributed by atoms with Gasteiger partial charge >= 0.3 is 0 Å². The highest BCUT2D eigenvalue weighted by molar-refractivity contribution is 5.75. The molecule has 0 spiro atoms. The first-order chi connectivity index (χ1) is 11.5. The van der Waals surface area contributed by atoms with E-state index < -0.39 is 0 Å². The standard InChI is InChI=1S/C17H24N6O/c1-12-7-20-23(10-12)11-16(24)19-9-14-8-18-13(2)21-17(14)15-5-4-6-22(15)3/h7-8,10,15H,4-6,9,11H2,1-3H3,(H,19,24).